The van der Waals surface area contributed by atoms with Crippen molar-refractivity contribution in [1.82, 2.24) is 10.3 Å². The second-order valence-electron chi connectivity index (χ2n) is 6.28. The third-order valence-electron chi connectivity index (χ3n) is 4.68. The molecule has 0 unspecified atom stereocenters. The topological polar surface area (TPSA) is 65.1 Å². The molecule has 2 atom stereocenters. The number of benzene rings is 2. The molecule has 0 bridgehead atoms. The van der Waals surface area contributed by atoms with Crippen molar-refractivity contribution < 1.29 is 9.90 Å². The van der Waals surface area contributed by atoms with Crippen LogP contribution >= 0.6 is 11.6 Å². The summed E-state index contributed by atoms with van der Waals surface area (Å²) in [4.78, 5) is 15.1. The molecule has 0 amide bonds. The highest BCUT2D eigenvalue weighted by atomic mass is 35.5. The van der Waals surface area contributed by atoms with Crippen LogP contribution in [0.5, 0.6) is 0 Å². The van der Waals surface area contributed by atoms with Gasteiger partial charge in [-0.05, 0) is 35.7 Å². The van der Waals surface area contributed by atoms with Crippen LogP contribution in [0.15, 0.2) is 42.5 Å². The number of halogens is 1. The number of carbonyl (C=O) groups is 1. The standard InChI is InChI=1S/C19H17ClN2O2/c1-10-6-7-12(14(20)8-10)17-18-13(9-16(22-17)19(23)24)11-4-2-3-5-15(11)21-18/h2-8,16-17,21-22H,9H2,1H3,(H,23,24)/t16-,17-/m0/s1. The number of para-hydroxylation sites is 1. The van der Waals surface area contributed by atoms with Gasteiger partial charge in [0, 0.05) is 28.0 Å². The van der Waals surface area contributed by atoms with E-state index < -0.39 is 12.0 Å². The first-order valence-electron chi connectivity index (χ1n) is 7.89. The number of carboxylic acids is 1. The third kappa shape index (κ3) is 2.39. The Morgan fingerprint density at radius 1 is 1.25 bits per heavy atom. The van der Waals surface area contributed by atoms with Gasteiger partial charge < -0.3 is 10.1 Å². The minimum absolute atomic E-state index is 0.268. The first-order valence-corrected chi connectivity index (χ1v) is 8.27. The first kappa shape index (κ1) is 15.2. The van der Waals surface area contributed by atoms with E-state index >= 15 is 0 Å². The fourth-order valence-corrected chi connectivity index (χ4v) is 3.85. The molecule has 4 nitrogen and oxygen atoms in total. The molecule has 0 radical (unpaired) electrons. The SMILES string of the molecule is Cc1ccc([C@@H]2N[C@H](C(=O)O)Cc3c2[nH]c2ccccc32)c(Cl)c1. The van der Waals surface area contributed by atoms with Crippen LogP contribution < -0.4 is 5.32 Å². The van der Waals surface area contributed by atoms with E-state index in [9.17, 15) is 9.90 Å². The Hall–Kier alpha value is -2.30. The lowest BCUT2D eigenvalue weighted by Gasteiger charge is -2.30. The van der Waals surface area contributed by atoms with Crippen LogP contribution in [0.25, 0.3) is 10.9 Å². The predicted octanol–water partition coefficient (Wildman–Crippen LogP) is 3.82. The number of aromatic nitrogens is 1. The molecule has 0 saturated carbocycles. The molecule has 0 saturated heterocycles. The van der Waals surface area contributed by atoms with Crippen molar-refractivity contribution in [1.29, 1.82) is 0 Å². The Morgan fingerprint density at radius 3 is 2.79 bits per heavy atom. The number of hydrogen-bond acceptors (Lipinski definition) is 2. The monoisotopic (exact) mass is 340 g/mol. The normalized spacial score (nSPS) is 20.1. The van der Waals surface area contributed by atoms with E-state index in [2.05, 4.69) is 10.3 Å². The fourth-order valence-electron chi connectivity index (χ4n) is 3.50. The van der Waals surface area contributed by atoms with Gasteiger partial charge in [-0.15, -0.1) is 0 Å². The first-order chi connectivity index (χ1) is 11.5. The lowest BCUT2D eigenvalue weighted by molar-refractivity contribution is -0.139. The van der Waals surface area contributed by atoms with Crippen molar-refractivity contribution in [3.8, 4) is 0 Å². The lowest BCUT2D eigenvalue weighted by atomic mass is 9.90. The molecule has 24 heavy (non-hydrogen) atoms. The van der Waals surface area contributed by atoms with Crippen molar-refractivity contribution in [2.45, 2.75) is 25.4 Å². The average molecular weight is 341 g/mol. The molecule has 0 spiro atoms. The number of hydrogen-bond donors (Lipinski definition) is 3. The van der Waals surface area contributed by atoms with Crippen LogP contribution in [0.1, 0.15) is 28.4 Å². The Morgan fingerprint density at radius 2 is 2.04 bits per heavy atom. The van der Waals surface area contributed by atoms with Gasteiger partial charge >= 0.3 is 5.97 Å². The second kappa shape index (κ2) is 5.65. The maximum Gasteiger partial charge on any atom is 0.321 e. The summed E-state index contributed by atoms with van der Waals surface area (Å²) in [6.07, 6.45) is 0.453. The summed E-state index contributed by atoms with van der Waals surface area (Å²) in [6.45, 7) is 1.98. The Balaban J connectivity index is 1.92. The number of aromatic amines is 1. The van der Waals surface area contributed by atoms with E-state index in [1.165, 1.54) is 0 Å². The van der Waals surface area contributed by atoms with Crippen molar-refractivity contribution in [2.24, 2.45) is 0 Å². The highest BCUT2D eigenvalue weighted by Gasteiger charge is 2.34. The van der Waals surface area contributed by atoms with E-state index in [0.29, 0.717) is 11.4 Å². The van der Waals surface area contributed by atoms with Crippen LogP contribution in [-0.4, -0.2) is 22.1 Å². The molecular weight excluding hydrogens is 324 g/mol. The van der Waals surface area contributed by atoms with E-state index in [1.54, 1.807) is 0 Å². The molecule has 0 fully saturated rings. The highest BCUT2D eigenvalue weighted by Crippen LogP contribution is 2.37. The molecule has 4 rings (SSSR count). The van der Waals surface area contributed by atoms with Crippen molar-refractivity contribution in [2.75, 3.05) is 0 Å². The predicted molar refractivity (Wildman–Crippen MR) is 94.6 cm³/mol. The zero-order valence-electron chi connectivity index (χ0n) is 13.1. The zero-order chi connectivity index (χ0) is 16.8. The summed E-state index contributed by atoms with van der Waals surface area (Å²) in [5.74, 6) is -0.848. The molecule has 1 aliphatic rings. The van der Waals surface area contributed by atoms with Gasteiger partial charge in [-0.2, -0.15) is 0 Å². The minimum Gasteiger partial charge on any atom is -0.480 e. The summed E-state index contributed by atoms with van der Waals surface area (Å²) < 4.78 is 0. The summed E-state index contributed by atoms with van der Waals surface area (Å²) in [5, 5.41) is 14.5. The van der Waals surface area contributed by atoms with Gasteiger partial charge in [-0.1, -0.05) is 41.9 Å². The van der Waals surface area contributed by atoms with Crippen LogP contribution in [0.4, 0.5) is 0 Å². The van der Waals surface area contributed by atoms with Gasteiger partial charge in [0.15, 0.2) is 0 Å². The zero-order valence-corrected chi connectivity index (χ0v) is 13.9. The highest BCUT2D eigenvalue weighted by molar-refractivity contribution is 6.31. The molecule has 2 aromatic carbocycles. The minimum atomic E-state index is -0.848. The number of aryl methyl sites for hydroxylation is 1. The summed E-state index contributed by atoms with van der Waals surface area (Å²) >= 11 is 6.45. The van der Waals surface area contributed by atoms with Gasteiger partial charge in [0.2, 0.25) is 0 Å². The van der Waals surface area contributed by atoms with Crippen LogP contribution in [0.3, 0.4) is 0 Å². The molecule has 122 valence electrons. The maximum atomic E-state index is 11.6. The number of nitrogens with one attached hydrogen (secondary N) is 2. The number of rotatable bonds is 2. The summed E-state index contributed by atoms with van der Waals surface area (Å²) in [5.41, 5.74) is 5.04. The molecule has 5 heteroatoms. The van der Waals surface area contributed by atoms with Gasteiger partial charge in [0.05, 0.1) is 6.04 Å². The average Bonchev–Trinajstić information content (AvgIpc) is 2.93. The van der Waals surface area contributed by atoms with Gasteiger partial charge in [-0.25, -0.2) is 0 Å². The Bertz CT molecular complexity index is 948. The van der Waals surface area contributed by atoms with E-state index in [0.717, 1.165) is 33.3 Å². The van der Waals surface area contributed by atoms with E-state index in [-0.39, 0.29) is 6.04 Å². The number of fused-ring (bicyclic) bond motifs is 3. The molecule has 0 aliphatic carbocycles. The molecule has 1 aliphatic heterocycles. The van der Waals surface area contributed by atoms with Gasteiger partial charge in [-0.3, -0.25) is 10.1 Å². The van der Waals surface area contributed by atoms with Gasteiger partial charge in [0.25, 0.3) is 0 Å². The van der Waals surface area contributed by atoms with Gasteiger partial charge in [0.1, 0.15) is 6.04 Å². The largest absolute Gasteiger partial charge is 0.480 e. The molecule has 1 aromatic heterocycles. The van der Waals surface area contributed by atoms with Crippen LogP contribution in [-0.2, 0) is 11.2 Å². The van der Waals surface area contributed by atoms with Crippen LogP contribution in [0.2, 0.25) is 5.02 Å². The molecule has 2 heterocycles. The van der Waals surface area contributed by atoms with Crippen molar-refractivity contribution in [3.05, 3.63) is 69.9 Å². The quantitative estimate of drug-likeness (QED) is 0.664. The second-order valence-corrected chi connectivity index (χ2v) is 6.69. The van der Waals surface area contributed by atoms with E-state index in [1.807, 2.05) is 49.4 Å². The number of H-pyrrole nitrogens is 1. The Labute approximate surface area is 144 Å². The Kier molecular flexibility index (Phi) is 3.59. The van der Waals surface area contributed by atoms with E-state index in [4.69, 9.17) is 11.6 Å². The third-order valence-corrected chi connectivity index (χ3v) is 5.00. The van der Waals surface area contributed by atoms with Crippen molar-refractivity contribution >= 4 is 28.5 Å². The van der Waals surface area contributed by atoms with Crippen molar-refractivity contribution in [3.63, 3.8) is 0 Å². The maximum absolute atomic E-state index is 11.6. The molecule has 3 N–H and O–H groups in total. The fraction of sp³-hybridized carbons (Fsp3) is 0.211. The number of aliphatic carboxylic acids is 1. The lowest BCUT2D eigenvalue weighted by Crippen LogP contribution is -2.45. The summed E-state index contributed by atoms with van der Waals surface area (Å²) in [6, 6.07) is 13.0. The smallest absolute Gasteiger partial charge is 0.321 e. The number of carboxylic acid groups (broad SMARTS) is 1. The summed E-state index contributed by atoms with van der Waals surface area (Å²) in [7, 11) is 0. The molecular formula is C19H17ClN2O2. The molecule has 3 aromatic rings. The van der Waals surface area contributed by atoms with Crippen LogP contribution in [0, 0.1) is 6.92 Å².